The Morgan fingerprint density at radius 3 is 2.89 bits per heavy atom. The molecule has 0 unspecified atom stereocenters. The van der Waals surface area contributed by atoms with Crippen LogP contribution in [0.25, 0.3) is 0 Å². The molecule has 0 radical (unpaired) electrons. The summed E-state index contributed by atoms with van der Waals surface area (Å²) in [6.45, 7) is 2.04. The van der Waals surface area contributed by atoms with Crippen LogP contribution in [0.5, 0.6) is 0 Å². The van der Waals surface area contributed by atoms with Crippen molar-refractivity contribution < 1.29 is 4.39 Å². The standard InChI is InChI=1S/C12H9BrClFN2O/c1-7-16-5-9(13)12(18)17(7)6-8-2-3-11(15)10(14)4-8/h2-5H,6H2,1H3. The van der Waals surface area contributed by atoms with Gasteiger partial charge in [-0.05, 0) is 40.5 Å². The molecule has 0 amide bonds. The Morgan fingerprint density at radius 1 is 1.50 bits per heavy atom. The Labute approximate surface area is 116 Å². The van der Waals surface area contributed by atoms with E-state index in [0.717, 1.165) is 5.56 Å². The molecule has 2 aromatic rings. The second kappa shape index (κ2) is 5.20. The Bertz CT molecular complexity index is 657. The van der Waals surface area contributed by atoms with Crippen LogP contribution in [-0.2, 0) is 6.54 Å². The molecule has 1 heterocycles. The number of aromatic nitrogens is 2. The number of hydrogen-bond acceptors (Lipinski definition) is 2. The predicted octanol–water partition coefficient (Wildman–Crippen LogP) is 3.16. The fourth-order valence-electron chi connectivity index (χ4n) is 1.56. The first-order chi connectivity index (χ1) is 8.49. The van der Waals surface area contributed by atoms with Gasteiger partial charge in [-0.15, -0.1) is 0 Å². The summed E-state index contributed by atoms with van der Waals surface area (Å²) in [5, 5.41) is 0.0427. The number of halogens is 3. The lowest BCUT2D eigenvalue weighted by Crippen LogP contribution is -2.24. The quantitative estimate of drug-likeness (QED) is 0.847. The third kappa shape index (κ3) is 2.62. The molecule has 0 aliphatic carbocycles. The summed E-state index contributed by atoms with van der Waals surface area (Å²) in [7, 11) is 0. The topological polar surface area (TPSA) is 34.9 Å². The van der Waals surface area contributed by atoms with E-state index in [1.165, 1.54) is 22.9 Å². The lowest BCUT2D eigenvalue weighted by atomic mass is 10.2. The van der Waals surface area contributed by atoms with Gasteiger partial charge in [0, 0.05) is 6.20 Å². The minimum Gasteiger partial charge on any atom is -0.291 e. The zero-order chi connectivity index (χ0) is 13.3. The minimum absolute atomic E-state index is 0.0427. The molecular formula is C12H9BrClFN2O. The van der Waals surface area contributed by atoms with Crippen LogP contribution in [0, 0.1) is 12.7 Å². The molecule has 2 rings (SSSR count). The second-order valence-electron chi connectivity index (χ2n) is 3.79. The van der Waals surface area contributed by atoms with Gasteiger partial charge in [-0.2, -0.15) is 0 Å². The Hall–Kier alpha value is -1.20. The van der Waals surface area contributed by atoms with E-state index in [4.69, 9.17) is 11.6 Å². The monoisotopic (exact) mass is 330 g/mol. The normalized spacial score (nSPS) is 10.7. The van der Waals surface area contributed by atoms with Gasteiger partial charge in [0.15, 0.2) is 0 Å². The molecule has 0 aliphatic heterocycles. The van der Waals surface area contributed by atoms with Crippen LogP contribution in [0.4, 0.5) is 4.39 Å². The van der Waals surface area contributed by atoms with Crippen LogP contribution in [0.3, 0.4) is 0 Å². The average Bonchev–Trinajstić information content (AvgIpc) is 2.34. The molecule has 0 N–H and O–H groups in total. The predicted molar refractivity (Wildman–Crippen MR) is 71.4 cm³/mol. The molecule has 0 aliphatic rings. The van der Waals surface area contributed by atoms with Crippen LogP contribution in [0.1, 0.15) is 11.4 Å². The number of rotatable bonds is 2. The van der Waals surface area contributed by atoms with Gasteiger partial charge in [0.2, 0.25) is 0 Å². The van der Waals surface area contributed by atoms with Crippen LogP contribution >= 0.6 is 27.5 Å². The molecule has 0 fully saturated rings. The Balaban J connectivity index is 2.43. The van der Waals surface area contributed by atoms with Crippen molar-refractivity contribution >= 4 is 27.5 Å². The van der Waals surface area contributed by atoms with Crippen molar-refractivity contribution in [1.82, 2.24) is 9.55 Å². The lowest BCUT2D eigenvalue weighted by molar-refractivity contribution is 0.625. The molecule has 0 atom stereocenters. The van der Waals surface area contributed by atoms with Gasteiger partial charge < -0.3 is 0 Å². The molecule has 0 bridgehead atoms. The number of hydrogen-bond donors (Lipinski definition) is 0. The number of nitrogens with zero attached hydrogens (tertiary/aromatic N) is 2. The zero-order valence-electron chi connectivity index (χ0n) is 9.45. The maximum atomic E-state index is 13.0. The van der Waals surface area contributed by atoms with Crippen molar-refractivity contribution in [2.24, 2.45) is 0 Å². The van der Waals surface area contributed by atoms with Crippen molar-refractivity contribution in [3.63, 3.8) is 0 Å². The fraction of sp³-hybridized carbons (Fsp3) is 0.167. The summed E-state index contributed by atoms with van der Waals surface area (Å²) in [6, 6.07) is 4.38. The summed E-state index contributed by atoms with van der Waals surface area (Å²) in [5.41, 5.74) is 0.564. The minimum atomic E-state index is -0.475. The summed E-state index contributed by atoms with van der Waals surface area (Å²) in [4.78, 5) is 16.0. The first kappa shape index (κ1) is 13.2. The van der Waals surface area contributed by atoms with E-state index in [1.807, 2.05) is 0 Å². The summed E-state index contributed by atoms with van der Waals surface area (Å²) in [6.07, 6.45) is 1.46. The third-order valence-corrected chi connectivity index (χ3v) is 3.36. The molecule has 0 saturated carbocycles. The number of aryl methyl sites for hydroxylation is 1. The maximum Gasteiger partial charge on any atom is 0.268 e. The highest BCUT2D eigenvalue weighted by molar-refractivity contribution is 9.10. The van der Waals surface area contributed by atoms with Gasteiger partial charge >= 0.3 is 0 Å². The zero-order valence-corrected chi connectivity index (χ0v) is 11.8. The molecule has 18 heavy (non-hydrogen) atoms. The first-order valence-electron chi connectivity index (χ1n) is 5.15. The first-order valence-corrected chi connectivity index (χ1v) is 6.32. The van der Waals surface area contributed by atoms with Crippen LogP contribution in [0.2, 0.25) is 5.02 Å². The van der Waals surface area contributed by atoms with E-state index in [1.54, 1.807) is 13.0 Å². The average molecular weight is 332 g/mol. The summed E-state index contributed by atoms with van der Waals surface area (Å²) < 4.78 is 14.9. The van der Waals surface area contributed by atoms with Gasteiger partial charge in [0.1, 0.15) is 16.1 Å². The van der Waals surface area contributed by atoms with Gasteiger partial charge in [0.25, 0.3) is 5.56 Å². The molecule has 3 nitrogen and oxygen atoms in total. The third-order valence-electron chi connectivity index (χ3n) is 2.53. The van der Waals surface area contributed by atoms with E-state index in [0.29, 0.717) is 16.8 Å². The highest BCUT2D eigenvalue weighted by Crippen LogP contribution is 2.16. The smallest absolute Gasteiger partial charge is 0.268 e. The molecule has 0 spiro atoms. The second-order valence-corrected chi connectivity index (χ2v) is 5.05. The lowest BCUT2D eigenvalue weighted by Gasteiger charge is -2.09. The van der Waals surface area contributed by atoms with E-state index < -0.39 is 5.82 Å². The SMILES string of the molecule is Cc1ncc(Br)c(=O)n1Cc1ccc(F)c(Cl)c1. The van der Waals surface area contributed by atoms with Crippen molar-refractivity contribution in [2.75, 3.05) is 0 Å². The largest absolute Gasteiger partial charge is 0.291 e. The Kier molecular flexibility index (Phi) is 3.82. The van der Waals surface area contributed by atoms with Crippen molar-refractivity contribution in [1.29, 1.82) is 0 Å². The fourth-order valence-corrected chi connectivity index (χ4v) is 2.08. The van der Waals surface area contributed by atoms with Crippen molar-refractivity contribution in [3.8, 4) is 0 Å². The molecule has 0 saturated heterocycles. The molecular weight excluding hydrogens is 323 g/mol. The van der Waals surface area contributed by atoms with Gasteiger partial charge in [0.05, 0.1) is 11.6 Å². The molecule has 1 aromatic heterocycles. The van der Waals surface area contributed by atoms with Gasteiger partial charge in [-0.25, -0.2) is 9.37 Å². The Morgan fingerprint density at radius 2 is 2.22 bits per heavy atom. The molecule has 6 heteroatoms. The van der Waals surface area contributed by atoms with Gasteiger partial charge in [-0.3, -0.25) is 9.36 Å². The molecule has 1 aromatic carbocycles. The summed E-state index contributed by atoms with van der Waals surface area (Å²) >= 11 is 8.84. The van der Waals surface area contributed by atoms with Crippen LogP contribution < -0.4 is 5.56 Å². The van der Waals surface area contributed by atoms with Crippen molar-refractivity contribution in [2.45, 2.75) is 13.5 Å². The van der Waals surface area contributed by atoms with E-state index >= 15 is 0 Å². The van der Waals surface area contributed by atoms with Crippen molar-refractivity contribution in [3.05, 3.63) is 61.5 Å². The van der Waals surface area contributed by atoms with E-state index in [9.17, 15) is 9.18 Å². The molecule has 94 valence electrons. The summed E-state index contributed by atoms with van der Waals surface area (Å²) in [5.74, 6) is 0.112. The highest BCUT2D eigenvalue weighted by Gasteiger charge is 2.07. The highest BCUT2D eigenvalue weighted by atomic mass is 79.9. The van der Waals surface area contributed by atoms with Crippen LogP contribution in [0.15, 0.2) is 33.7 Å². The van der Waals surface area contributed by atoms with E-state index in [2.05, 4.69) is 20.9 Å². The van der Waals surface area contributed by atoms with Gasteiger partial charge in [-0.1, -0.05) is 17.7 Å². The maximum absolute atomic E-state index is 13.0. The van der Waals surface area contributed by atoms with E-state index in [-0.39, 0.29) is 10.6 Å². The van der Waals surface area contributed by atoms with Crippen LogP contribution in [-0.4, -0.2) is 9.55 Å². The number of benzene rings is 1.